The van der Waals surface area contributed by atoms with Gasteiger partial charge >= 0.3 is 0 Å². The minimum Gasteiger partial charge on any atom is -0.219 e. The van der Waals surface area contributed by atoms with Gasteiger partial charge in [0.15, 0.2) is 0 Å². The molecule has 48 heavy (non-hydrogen) atoms. The van der Waals surface area contributed by atoms with E-state index in [1.165, 1.54) is 24.3 Å². The Morgan fingerprint density at radius 1 is 0.229 bits per heavy atom. The molecule has 7 aromatic carbocycles. The summed E-state index contributed by atoms with van der Waals surface area (Å²) in [6.45, 7) is 0. The molecule has 6 heteroatoms. The van der Waals surface area contributed by atoms with Crippen molar-refractivity contribution in [3.63, 3.8) is 0 Å². The molecule has 0 spiro atoms. The van der Waals surface area contributed by atoms with E-state index in [1.54, 1.807) is 24.3 Å². The maximum atomic E-state index is 14.3. The van der Waals surface area contributed by atoms with E-state index in [1.807, 2.05) is 133 Å². The zero-order valence-electron chi connectivity index (χ0n) is 25.8. The van der Waals surface area contributed by atoms with Crippen LogP contribution in [0, 0.1) is 0 Å². The van der Waals surface area contributed by atoms with Gasteiger partial charge in [-0.1, -0.05) is 127 Å². The van der Waals surface area contributed by atoms with Crippen LogP contribution in [0.4, 0.5) is 0 Å². The highest BCUT2D eigenvalue weighted by Crippen LogP contribution is 2.36. The molecule has 234 valence electrons. The topological polar surface area (TPSA) is 68.3 Å². The Morgan fingerprint density at radius 2 is 0.500 bits per heavy atom. The zero-order valence-corrected chi connectivity index (χ0v) is 27.4. The molecule has 0 aliphatic heterocycles. The first-order valence-corrected chi connectivity index (χ1v) is 18.4. The SMILES string of the molecule is O=S(=O)(c1cc(-c2ccccc2)cc(-c2ccccc2)c1)c1cccc(S(=O)(=O)c2cc(-c3ccccc3)cc(-c3ccccc3)c2)c1. The Balaban J connectivity index is 1.34. The van der Waals surface area contributed by atoms with Gasteiger partial charge in [-0.25, -0.2) is 16.8 Å². The fourth-order valence-electron chi connectivity index (χ4n) is 5.78. The quantitative estimate of drug-likeness (QED) is 0.162. The summed E-state index contributed by atoms with van der Waals surface area (Å²) in [5.41, 5.74) is 6.45. The van der Waals surface area contributed by atoms with Gasteiger partial charge in [0, 0.05) is 0 Å². The van der Waals surface area contributed by atoms with E-state index in [9.17, 15) is 16.8 Å². The first-order valence-electron chi connectivity index (χ1n) is 15.4. The lowest BCUT2D eigenvalue weighted by Crippen LogP contribution is -2.07. The molecular weight excluding hydrogens is 633 g/mol. The fraction of sp³-hybridized carbons (Fsp3) is 0. The van der Waals surface area contributed by atoms with Crippen LogP contribution in [0.1, 0.15) is 0 Å². The average molecular weight is 663 g/mol. The number of rotatable bonds is 8. The second kappa shape index (κ2) is 12.9. The molecule has 0 saturated heterocycles. The highest BCUT2D eigenvalue weighted by Gasteiger charge is 2.25. The summed E-state index contributed by atoms with van der Waals surface area (Å²) in [5, 5.41) is 0. The van der Waals surface area contributed by atoms with Gasteiger partial charge in [-0.3, -0.25) is 0 Å². The second-order valence-electron chi connectivity index (χ2n) is 11.4. The molecule has 0 N–H and O–H groups in total. The Kier molecular flexibility index (Phi) is 8.36. The summed E-state index contributed by atoms with van der Waals surface area (Å²) in [6.07, 6.45) is 0. The van der Waals surface area contributed by atoms with Gasteiger partial charge in [-0.2, -0.15) is 0 Å². The highest BCUT2D eigenvalue weighted by atomic mass is 32.2. The van der Waals surface area contributed by atoms with Crippen LogP contribution in [-0.2, 0) is 19.7 Å². The average Bonchev–Trinajstić information content (AvgIpc) is 3.16. The van der Waals surface area contributed by atoms with Gasteiger partial charge in [-0.15, -0.1) is 0 Å². The normalized spacial score (nSPS) is 11.7. The van der Waals surface area contributed by atoms with Gasteiger partial charge in [0.25, 0.3) is 0 Å². The third kappa shape index (κ3) is 6.24. The van der Waals surface area contributed by atoms with Crippen molar-refractivity contribution in [2.24, 2.45) is 0 Å². The third-order valence-electron chi connectivity index (χ3n) is 8.29. The summed E-state index contributed by atoms with van der Waals surface area (Å²) in [6, 6.07) is 54.5. The zero-order chi connectivity index (χ0) is 33.1. The predicted molar refractivity (Wildman–Crippen MR) is 192 cm³/mol. The molecule has 7 rings (SSSR count). The minimum absolute atomic E-state index is 0.0784. The summed E-state index contributed by atoms with van der Waals surface area (Å²) in [4.78, 5) is -0.0463. The van der Waals surface area contributed by atoms with Crippen molar-refractivity contribution in [2.45, 2.75) is 19.6 Å². The smallest absolute Gasteiger partial charge is 0.206 e. The van der Waals surface area contributed by atoms with Crippen molar-refractivity contribution in [1.29, 1.82) is 0 Å². The summed E-state index contributed by atoms with van der Waals surface area (Å²) in [5.74, 6) is 0. The molecular formula is C42H30O4S2. The lowest BCUT2D eigenvalue weighted by Gasteiger charge is -2.14. The third-order valence-corrected chi connectivity index (χ3v) is 11.7. The van der Waals surface area contributed by atoms with E-state index in [0.717, 1.165) is 44.5 Å². The van der Waals surface area contributed by atoms with Crippen LogP contribution < -0.4 is 0 Å². The van der Waals surface area contributed by atoms with Crippen molar-refractivity contribution < 1.29 is 16.8 Å². The maximum Gasteiger partial charge on any atom is 0.206 e. The largest absolute Gasteiger partial charge is 0.219 e. The van der Waals surface area contributed by atoms with Gasteiger partial charge in [0.05, 0.1) is 19.6 Å². The molecule has 0 aliphatic carbocycles. The van der Waals surface area contributed by atoms with E-state index in [2.05, 4.69) is 0 Å². The summed E-state index contributed by atoms with van der Waals surface area (Å²) in [7, 11) is -8.26. The molecule has 7 aromatic rings. The van der Waals surface area contributed by atoms with Crippen molar-refractivity contribution in [2.75, 3.05) is 0 Å². The molecule has 0 aliphatic rings. The van der Waals surface area contributed by atoms with E-state index in [0.29, 0.717) is 0 Å². The Labute approximate surface area is 281 Å². The maximum absolute atomic E-state index is 14.3. The van der Waals surface area contributed by atoms with Crippen molar-refractivity contribution in [3.05, 3.63) is 182 Å². The number of sulfone groups is 2. The lowest BCUT2D eigenvalue weighted by molar-refractivity contribution is 0.594. The monoisotopic (exact) mass is 662 g/mol. The van der Waals surface area contributed by atoms with Gasteiger partial charge < -0.3 is 0 Å². The van der Waals surface area contributed by atoms with Crippen LogP contribution in [0.3, 0.4) is 0 Å². The summed E-state index contributed by atoms with van der Waals surface area (Å²) < 4.78 is 57.2. The second-order valence-corrected chi connectivity index (χ2v) is 15.3. The molecule has 0 saturated carbocycles. The predicted octanol–water partition coefficient (Wildman–Crippen LogP) is 10.0. The van der Waals surface area contributed by atoms with Crippen LogP contribution in [0.2, 0.25) is 0 Å². The van der Waals surface area contributed by atoms with Crippen LogP contribution in [0.15, 0.2) is 202 Å². The Bertz CT molecular complexity index is 2160. The van der Waals surface area contributed by atoms with E-state index in [-0.39, 0.29) is 19.6 Å². The van der Waals surface area contributed by atoms with Crippen molar-refractivity contribution in [3.8, 4) is 44.5 Å². The molecule has 0 amide bonds. The Morgan fingerprint density at radius 3 is 0.771 bits per heavy atom. The fourth-order valence-corrected chi connectivity index (χ4v) is 8.61. The van der Waals surface area contributed by atoms with Crippen LogP contribution in [0.25, 0.3) is 44.5 Å². The lowest BCUT2D eigenvalue weighted by atomic mass is 9.99. The molecule has 0 heterocycles. The molecule has 0 radical (unpaired) electrons. The minimum atomic E-state index is -4.13. The van der Waals surface area contributed by atoms with Crippen molar-refractivity contribution >= 4 is 19.7 Å². The number of hydrogen-bond donors (Lipinski definition) is 0. The van der Waals surface area contributed by atoms with Gasteiger partial charge in [0.1, 0.15) is 0 Å². The molecule has 0 atom stereocenters. The summed E-state index contributed by atoms with van der Waals surface area (Å²) >= 11 is 0. The molecule has 0 unspecified atom stereocenters. The molecule has 0 fully saturated rings. The molecule has 4 nitrogen and oxygen atoms in total. The first kappa shape index (κ1) is 31.1. The highest BCUT2D eigenvalue weighted by molar-refractivity contribution is 7.92. The standard InChI is InChI=1S/C42H30O4S2/c43-47(44,41-26-35(31-14-5-1-6-15-31)24-36(27-41)32-16-7-2-8-17-32)39-22-13-23-40(30-39)48(45,46)42-28-37(33-18-9-3-10-19-33)25-38(29-42)34-20-11-4-12-21-34/h1-30H. The molecule has 0 bridgehead atoms. The van der Waals surface area contributed by atoms with Crippen molar-refractivity contribution in [1.82, 2.24) is 0 Å². The van der Waals surface area contributed by atoms with E-state index >= 15 is 0 Å². The number of benzene rings is 7. The van der Waals surface area contributed by atoms with Crippen LogP contribution >= 0.6 is 0 Å². The van der Waals surface area contributed by atoms with Crippen LogP contribution in [-0.4, -0.2) is 16.8 Å². The van der Waals surface area contributed by atoms with E-state index < -0.39 is 19.7 Å². The van der Waals surface area contributed by atoms with Gasteiger partial charge in [-0.05, 0) is 99.1 Å². The number of hydrogen-bond acceptors (Lipinski definition) is 4. The van der Waals surface area contributed by atoms with E-state index in [4.69, 9.17) is 0 Å². The van der Waals surface area contributed by atoms with Crippen LogP contribution in [0.5, 0.6) is 0 Å². The van der Waals surface area contributed by atoms with Gasteiger partial charge in [0.2, 0.25) is 19.7 Å². The Hall–Kier alpha value is -5.56. The first-order chi connectivity index (χ1) is 23.3. The molecule has 0 aromatic heterocycles.